The van der Waals surface area contributed by atoms with Crippen LogP contribution in [0.25, 0.3) is 0 Å². The van der Waals surface area contributed by atoms with Gasteiger partial charge in [0.1, 0.15) is 0 Å². The van der Waals surface area contributed by atoms with Crippen molar-refractivity contribution in [2.75, 3.05) is 16.4 Å². The molecule has 2 aromatic rings. The molecule has 2 rings (SSSR count). The van der Waals surface area contributed by atoms with Crippen LogP contribution in [0.2, 0.25) is 0 Å². The molecule has 108 valence electrons. The number of hydrogen-bond donors (Lipinski definition) is 1. The average molecular weight is 301 g/mol. The van der Waals surface area contributed by atoms with Gasteiger partial charge in [-0.25, -0.2) is 0 Å². The Labute approximate surface area is 127 Å². The molecule has 0 heterocycles. The maximum atomic E-state index is 12.4. The molecule has 1 N–H and O–H groups in total. The number of carbonyl (C=O) groups excluding carboxylic acids is 1. The first kappa shape index (κ1) is 15.1. The van der Waals surface area contributed by atoms with Crippen molar-refractivity contribution < 1.29 is 14.7 Å². The highest BCUT2D eigenvalue weighted by molar-refractivity contribution is 8.00. The minimum absolute atomic E-state index is 0.0802. The third-order valence-corrected chi connectivity index (χ3v) is 3.63. The lowest BCUT2D eigenvalue weighted by Gasteiger charge is -2.22. The van der Waals surface area contributed by atoms with Crippen molar-refractivity contribution in [3.05, 3.63) is 60.7 Å². The summed E-state index contributed by atoms with van der Waals surface area (Å²) in [4.78, 5) is 24.6. The van der Waals surface area contributed by atoms with Crippen molar-refractivity contribution in [3.8, 4) is 0 Å². The third kappa shape index (κ3) is 4.36. The molecule has 0 aliphatic rings. The zero-order valence-corrected chi connectivity index (χ0v) is 12.1. The molecule has 0 aliphatic heterocycles. The summed E-state index contributed by atoms with van der Waals surface area (Å²) in [5.41, 5.74) is 1.54. The second-order valence-electron chi connectivity index (χ2n) is 4.29. The Bertz CT molecular complexity index is 562. The summed E-state index contributed by atoms with van der Waals surface area (Å²) in [6, 6.07) is 18.6. The van der Waals surface area contributed by atoms with Crippen LogP contribution in [0.3, 0.4) is 0 Å². The maximum absolute atomic E-state index is 12.4. The zero-order chi connectivity index (χ0) is 15.1. The first-order valence-corrected chi connectivity index (χ1v) is 7.56. The van der Waals surface area contributed by atoms with E-state index < -0.39 is 5.97 Å². The van der Waals surface area contributed by atoms with Crippen LogP contribution in [0, 0.1) is 0 Å². The van der Waals surface area contributed by atoms with E-state index in [1.54, 1.807) is 4.90 Å². The smallest absolute Gasteiger partial charge is 0.313 e. The number of thioether (sulfide) groups is 1. The van der Waals surface area contributed by atoms with Gasteiger partial charge in [-0.3, -0.25) is 14.5 Å². The number of nitrogens with zero attached hydrogens (tertiary/aromatic N) is 1. The van der Waals surface area contributed by atoms with Crippen LogP contribution in [0.4, 0.5) is 11.4 Å². The molecule has 0 saturated carbocycles. The van der Waals surface area contributed by atoms with Crippen LogP contribution in [0.5, 0.6) is 0 Å². The minimum Gasteiger partial charge on any atom is -0.481 e. The van der Waals surface area contributed by atoms with Gasteiger partial charge in [0.2, 0.25) is 5.91 Å². The van der Waals surface area contributed by atoms with Gasteiger partial charge in [0.25, 0.3) is 0 Å². The molecule has 0 saturated heterocycles. The monoisotopic (exact) mass is 301 g/mol. The van der Waals surface area contributed by atoms with Gasteiger partial charge in [0.05, 0.1) is 11.5 Å². The first-order chi connectivity index (χ1) is 10.2. The number of carboxylic acid groups (broad SMARTS) is 1. The molecule has 21 heavy (non-hydrogen) atoms. The number of anilines is 2. The maximum Gasteiger partial charge on any atom is 0.313 e. The highest BCUT2D eigenvalue weighted by atomic mass is 32.2. The molecule has 0 atom stereocenters. The summed E-state index contributed by atoms with van der Waals surface area (Å²) in [6.45, 7) is 0. The van der Waals surface area contributed by atoms with E-state index in [0.717, 1.165) is 23.1 Å². The molecule has 0 fully saturated rings. The molecule has 0 spiro atoms. The van der Waals surface area contributed by atoms with Crippen molar-refractivity contribution >= 4 is 35.0 Å². The van der Waals surface area contributed by atoms with Gasteiger partial charge in [0.15, 0.2) is 0 Å². The Kier molecular flexibility index (Phi) is 5.40. The molecule has 0 aliphatic carbocycles. The molecule has 0 aromatic heterocycles. The number of carboxylic acids is 1. The zero-order valence-electron chi connectivity index (χ0n) is 11.3. The van der Waals surface area contributed by atoms with Gasteiger partial charge in [-0.05, 0) is 24.3 Å². The predicted molar refractivity (Wildman–Crippen MR) is 85.0 cm³/mol. The average Bonchev–Trinajstić information content (AvgIpc) is 2.49. The number of amides is 1. The van der Waals surface area contributed by atoms with E-state index in [4.69, 9.17) is 5.11 Å². The van der Waals surface area contributed by atoms with Gasteiger partial charge in [-0.2, -0.15) is 0 Å². The number of benzene rings is 2. The van der Waals surface area contributed by atoms with Crippen molar-refractivity contribution in [1.82, 2.24) is 0 Å². The van der Waals surface area contributed by atoms with E-state index in [0.29, 0.717) is 0 Å². The van der Waals surface area contributed by atoms with Crippen LogP contribution in [-0.2, 0) is 9.59 Å². The van der Waals surface area contributed by atoms with Gasteiger partial charge in [-0.15, -0.1) is 11.8 Å². The predicted octanol–water partition coefficient (Wildman–Crippen LogP) is 3.17. The van der Waals surface area contributed by atoms with E-state index in [1.807, 2.05) is 60.7 Å². The normalized spacial score (nSPS) is 10.1. The van der Waals surface area contributed by atoms with E-state index in [2.05, 4.69) is 0 Å². The van der Waals surface area contributed by atoms with Crippen LogP contribution in [-0.4, -0.2) is 28.5 Å². The van der Waals surface area contributed by atoms with Gasteiger partial charge >= 0.3 is 5.97 Å². The van der Waals surface area contributed by atoms with E-state index in [1.165, 1.54) is 0 Å². The Balaban J connectivity index is 2.21. The molecule has 2 aromatic carbocycles. The summed E-state index contributed by atoms with van der Waals surface area (Å²) in [5.74, 6) is -1.02. The Hall–Kier alpha value is -2.27. The van der Waals surface area contributed by atoms with E-state index in [-0.39, 0.29) is 17.4 Å². The summed E-state index contributed by atoms with van der Waals surface area (Å²) < 4.78 is 0. The Morgan fingerprint density at radius 3 is 1.76 bits per heavy atom. The second-order valence-corrected chi connectivity index (χ2v) is 5.27. The molecular weight excluding hydrogens is 286 g/mol. The molecule has 0 radical (unpaired) electrons. The second kappa shape index (κ2) is 7.50. The van der Waals surface area contributed by atoms with Crippen molar-refractivity contribution in [3.63, 3.8) is 0 Å². The molecule has 0 bridgehead atoms. The van der Waals surface area contributed by atoms with Crippen LogP contribution >= 0.6 is 11.8 Å². The van der Waals surface area contributed by atoms with Crippen LogP contribution in [0.1, 0.15) is 0 Å². The standard InChI is InChI=1S/C16H15NO3S/c18-15(11-21-12-16(19)20)17(13-7-3-1-4-8-13)14-9-5-2-6-10-14/h1-10H,11-12H2,(H,19,20). The van der Waals surface area contributed by atoms with Crippen molar-refractivity contribution in [2.24, 2.45) is 0 Å². The highest BCUT2D eigenvalue weighted by Crippen LogP contribution is 2.25. The van der Waals surface area contributed by atoms with Crippen molar-refractivity contribution in [1.29, 1.82) is 0 Å². The van der Waals surface area contributed by atoms with E-state index in [9.17, 15) is 9.59 Å². The van der Waals surface area contributed by atoms with Crippen molar-refractivity contribution in [2.45, 2.75) is 0 Å². The molecule has 1 amide bonds. The number of aliphatic carboxylic acids is 1. The summed E-state index contributed by atoms with van der Waals surface area (Å²) in [7, 11) is 0. The topological polar surface area (TPSA) is 57.6 Å². The lowest BCUT2D eigenvalue weighted by molar-refractivity contribution is -0.133. The molecule has 4 nitrogen and oxygen atoms in total. The fourth-order valence-electron chi connectivity index (χ4n) is 1.88. The summed E-state index contributed by atoms with van der Waals surface area (Å²) in [5, 5.41) is 8.65. The molecule has 0 unspecified atom stereocenters. The Morgan fingerprint density at radius 1 is 0.857 bits per heavy atom. The largest absolute Gasteiger partial charge is 0.481 e. The summed E-state index contributed by atoms with van der Waals surface area (Å²) >= 11 is 1.10. The van der Waals surface area contributed by atoms with E-state index >= 15 is 0 Å². The first-order valence-electron chi connectivity index (χ1n) is 6.41. The Morgan fingerprint density at radius 2 is 1.33 bits per heavy atom. The van der Waals surface area contributed by atoms with Gasteiger partial charge in [-0.1, -0.05) is 36.4 Å². The minimum atomic E-state index is -0.918. The summed E-state index contributed by atoms with van der Waals surface area (Å²) in [6.07, 6.45) is 0. The van der Waals surface area contributed by atoms with Gasteiger partial charge in [0, 0.05) is 11.4 Å². The highest BCUT2D eigenvalue weighted by Gasteiger charge is 2.17. The molecule has 5 heteroatoms. The lowest BCUT2D eigenvalue weighted by Crippen LogP contribution is -2.28. The molecular formula is C16H15NO3S. The number of carbonyl (C=O) groups is 2. The fraction of sp³-hybridized carbons (Fsp3) is 0.125. The third-order valence-electron chi connectivity index (χ3n) is 2.73. The number of para-hydroxylation sites is 2. The quantitative estimate of drug-likeness (QED) is 0.890. The fourth-order valence-corrected chi connectivity index (χ4v) is 2.46. The number of rotatable bonds is 6. The van der Waals surface area contributed by atoms with Crippen LogP contribution in [0.15, 0.2) is 60.7 Å². The lowest BCUT2D eigenvalue weighted by atomic mass is 10.2. The SMILES string of the molecule is O=C(O)CSCC(=O)N(c1ccccc1)c1ccccc1. The van der Waals surface area contributed by atoms with Gasteiger partial charge < -0.3 is 5.11 Å². The van der Waals surface area contributed by atoms with Crippen LogP contribution < -0.4 is 4.90 Å². The number of hydrogen-bond acceptors (Lipinski definition) is 3.